The summed E-state index contributed by atoms with van der Waals surface area (Å²) in [4.78, 5) is 0. The van der Waals surface area contributed by atoms with Gasteiger partial charge in [0.15, 0.2) is 17.4 Å². The van der Waals surface area contributed by atoms with Crippen molar-refractivity contribution in [3.8, 4) is 5.75 Å². The highest BCUT2D eigenvalue weighted by atomic mass is 19.1. The van der Waals surface area contributed by atoms with Gasteiger partial charge in [-0.2, -0.15) is 0 Å². The van der Waals surface area contributed by atoms with Gasteiger partial charge in [0.2, 0.25) is 0 Å². The Labute approximate surface area is 114 Å². The number of hydrogen-bond donors (Lipinski definition) is 1. The topological polar surface area (TPSA) is 21.3 Å². The van der Waals surface area contributed by atoms with Crippen LogP contribution in [-0.4, -0.2) is 19.2 Å². The molecular formula is C15H23F2NO. The molecule has 4 heteroatoms. The van der Waals surface area contributed by atoms with Crippen molar-refractivity contribution in [1.82, 2.24) is 5.32 Å². The van der Waals surface area contributed by atoms with Gasteiger partial charge in [-0.25, -0.2) is 8.78 Å². The lowest BCUT2D eigenvalue weighted by atomic mass is 10.1. The molecule has 0 aliphatic heterocycles. The molecule has 0 radical (unpaired) electrons. The average molecular weight is 271 g/mol. The van der Waals surface area contributed by atoms with E-state index in [0.29, 0.717) is 12.6 Å². The van der Waals surface area contributed by atoms with Crippen LogP contribution < -0.4 is 10.1 Å². The van der Waals surface area contributed by atoms with Crippen molar-refractivity contribution in [3.63, 3.8) is 0 Å². The van der Waals surface area contributed by atoms with Gasteiger partial charge >= 0.3 is 0 Å². The summed E-state index contributed by atoms with van der Waals surface area (Å²) in [7, 11) is 0. The maximum atomic E-state index is 13.3. The highest BCUT2D eigenvalue weighted by Crippen LogP contribution is 2.21. The van der Waals surface area contributed by atoms with E-state index < -0.39 is 11.6 Å². The fraction of sp³-hybridized carbons (Fsp3) is 0.600. The van der Waals surface area contributed by atoms with Crippen LogP contribution in [0.2, 0.25) is 0 Å². The molecule has 1 N–H and O–H groups in total. The number of hydrogen-bond acceptors (Lipinski definition) is 2. The molecular weight excluding hydrogens is 248 g/mol. The third-order valence-electron chi connectivity index (χ3n) is 2.94. The van der Waals surface area contributed by atoms with Gasteiger partial charge in [0.1, 0.15) is 0 Å². The third-order valence-corrected chi connectivity index (χ3v) is 2.94. The Morgan fingerprint density at radius 2 is 1.89 bits per heavy atom. The highest BCUT2D eigenvalue weighted by molar-refractivity contribution is 5.25. The van der Waals surface area contributed by atoms with Crippen LogP contribution in [0.4, 0.5) is 8.78 Å². The molecule has 0 saturated carbocycles. The second kappa shape index (κ2) is 8.86. The molecule has 1 atom stereocenters. The monoisotopic (exact) mass is 271 g/mol. The van der Waals surface area contributed by atoms with Gasteiger partial charge < -0.3 is 10.1 Å². The zero-order valence-corrected chi connectivity index (χ0v) is 11.7. The van der Waals surface area contributed by atoms with E-state index in [1.165, 1.54) is 18.2 Å². The van der Waals surface area contributed by atoms with Gasteiger partial charge in [-0.3, -0.25) is 0 Å². The van der Waals surface area contributed by atoms with Gasteiger partial charge in [0.25, 0.3) is 0 Å². The lowest BCUT2D eigenvalue weighted by Crippen LogP contribution is -2.26. The van der Waals surface area contributed by atoms with Gasteiger partial charge in [0, 0.05) is 6.04 Å². The Balaban J connectivity index is 2.17. The number of benzene rings is 1. The predicted molar refractivity (Wildman–Crippen MR) is 73.5 cm³/mol. The van der Waals surface area contributed by atoms with Crippen LogP contribution in [0.3, 0.4) is 0 Å². The summed E-state index contributed by atoms with van der Waals surface area (Å²) >= 11 is 0. The Morgan fingerprint density at radius 3 is 2.53 bits per heavy atom. The molecule has 0 aliphatic rings. The normalized spacial score (nSPS) is 12.4. The van der Waals surface area contributed by atoms with E-state index >= 15 is 0 Å². The fourth-order valence-electron chi connectivity index (χ4n) is 1.84. The highest BCUT2D eigenvalue weighted by Gasteiger charge is 2.09. The van der Waals surface area contributed by atoms with Crippen molar-refractivity contribution in [2.75, 3.05) is 13.2 Å². The third kappa shape index (κ3) is 6.01. The quantitative estimate of drug-likeness (QED) is 0.688. The van der Waals surface area contributed by atoms with Crippen molar-refractivity contribution in [1.29, 1.82) is 0 Å². The second-order valence-electron chi connectivity index (χ2n) is 4.75. The van der Waals surface area contributed by atoms with E-state index in [-0.39, 0.29) is 5.75 Å². The van der Waals surface area contributed by atoms with Crippen molar-refractivity contribution in [2.24, 2.45) is 0 Å². The van der Waals surface area contributed by atoms with Crippen LogP contribution in [0.15, 0.2) is 18.2 Å². The summed E-state index contributed by atoms with van der Waals surface area (Å²) in [6, 6.07) is 4.22. The molecule has 0 aliphatic carbocycles. The number of rotatable bonds is 9. The molecule has 0 heterocycles. The molecule has 0 fully saturated rings. The number of para-hydroxylation sites is 1. The van der Waals surface area contributed by atoms with E-state index in [1.807, 2.05) is 0 Å². The van der Waals surface area contributed by atoms with E-state index in [9.17, 15) is 8.78 Å². The molecule has 0 bridgehead atoms. The van der Waals surface area contributed by atoms with E-state index in [0.717, 1.165) is 32.2 Å². The molecule has 0 spiro atoms. The average Bonchev–Trinajstić information content (AvgIpc) is 2.39. The summed E-state index contributed by atoms with van der Waals surface area (Å²) in [6.07, 6.45) is 3.95. The first-order valence-corrected chi connectivity index (χ1v) is 6.95. The smallest absolute Gasteiger partial charge is 0.190 e. The molecule has 0 amide bonds. The standard InChI is InChI=1S/C15H23F2NO/c1-3-10-18-12(2)7-4-5-11-19-15-13(16)8-6-9-14(15)17/h6,8-9,12,18H,3-5,7,10-11H2,1-2H3. The minimum absolute atomic E-state index is 0.264. The van der Waals surface area contributed by atoms with Crippen molar-refractivity contribution in [3.05, 3.63) is 29.8 Å². The lowest BCUT2D eigenvalue weighted by molar-refractivity contribution is 0.273. The zero-order chi connectivity index (χ0) is 14.1. The largest absolute Gasteiger partial charge is 0.488 e. The number of halogens is 2. The predicted octanol–water partition coefficient (Wildman–Crippen LogP) is 3.90. The molecule has 108 valence electrons. The molecule has 2 nitrogen and oxygen atoms in total. The number of unbranched alkanes of at least 4 members (excludes halogenated alkanes) is 1. The molecule has 1 unspecified atom stereocenters. The Bertz CT molecular complexity index is 351. The van der Waals surface area contributed by atoms with Crippen molar-refractivity contribution in [2.45, 2.75) is 45.6 Å². The Hall–Kier alpha value is -1.16. The van der Waals surface area contributed by atoms with Gasteiger partial charge in [-0.1, -0.05) is 13.0 Å². The summed E-state index contributed by atoms with van der Waals surface area (Å²) in [5.74, 6) is -1.55. The SMILES string of the molecule is CCCNC(C)CCCCOc1c(F)cccc1F. The molecule has 1 rings (SSSR count). The van der Waals surface area contributed by atoms with Gasteiger partial charge in [-0.05, 0) is 51.3 Å². The maximum absolute atomic E-state index is 13.3. The Kier molecular flexibility index (Phi) is 7.41. The van der Waals surface area contributed by atoms with Crippen LogP contribution in [-0.2, 0) is 0 Å². The lowest BCUT2D eigenvalue weighted by Gasteiger charge is -2.13. The van der Waals surface area contributed by atoms with Crippen molar-refractivity contribution < 1.29 is 13.5 Å². The van der Waals surface area contributed by atoms with E-state index in [2.05, 4.69) is 19.2 Å². The van der Waals surface area contributed by atoms with Crippen LogP contribution in [0.1, 0.15) is 39.5 Å². The molecule has 1 aromatic rings. The van der Waals surface area contributed by atoms with Crippen LogP contribution >= 0.6 is 0 Å². The van der Waals surface area contributed by atoms with E-state index in [4.69, 9.17) is 4.74 Å². The summed E-state index contributed by atoms with van der Waals surface area (Å²) < 4.78 is 31.7. The molecule has 1 aromatic carbocycles. The summed E-state index contributed by atoms with van der Waals surface area (Å²) in [5.41, 5.74) is 0. The van der Waals surface area contributed by atoms with Crippen LogP contribution in [0, 0.1) is 11.6 Å². The van der Waals surface area contributed by atoms with Crippen molar-refractivity contribution >= 4 is 0 Å². The summed E-state index contributed by atoms with van der Waals surface area (Å²) in [6.45, 7) is 5.65. The molecule has 19 heavy (non-hydrogen) atoms. The molecule has 0 saturated heterocycles. The fourth-order valence-corrected chi connectivity index (χ4v) is 1.84. The number of nitrogens with one attached hydrogen (secondary N) is 1. The minimum atomic E-state index is -0.641. The summed E-state index contributed by atoms with van der Waals surface area (Å²) in [5, 5.41) is 3.40. The van der Waals surface area contributed by atoms with Gasteiger partial charge in [-0.15, -0.1) is 0 Å². The second-order valence-corrected chi connectivity index (χ2v) is 4.75. The van der Waals surface area contributed by atoms with E-state index in [1.54, 1.807) is 0 Å². The maximum Gasteiger partial charge on any atom is 0.190 e. The first-order chi connectivity index (χ1) is 9.15. The zero-order valence-electron chi connectivity index (χ0n) is 11.7. The Morgan fingerprint density at radius 1 is 1.21 bits per heavy atom. The van der Waals surface area contributed by atoms with Crippen LogP contribution in [0.5, 0.6) is 5.75 Å². The first-order valence-electron chi connectivity index (χ1n) is 6.95. The minimum Gasteiger partial charge on any atom is -0.488 e. The van der Waals surface area contributed by atoms with Gasteiger partial charge in [0.05, 0.1) is 6.61 Å². The molecule has 0 aromatic heterocycles. The number of ether oxygens (including phenoxy) is 1. The first kappa shape index (κ1) is 15.9. The van der Waals surface area contributed by atoms with Crippen LogP contribution in [0.25, 0.3) is 0 Å².